The van der Waals surface area contributed by atoms with Crippen LogP contribution in [0.4, 0.5) is 11.4 Å². The van der Waals surface area contributed by atoms with Crippen molar-refractivity contribution >= 4 is 100 Å². The van der Waals surface area contributed by atoms with Gasteiger partial charge in [-0.3, -0.25) is 76.9 Å². The minimum atomic E-state index is -1.98. The third-order valence-corrected chi connectivity index (χ3v) is 16.9. The molecule has 1 aromatic carbocycles. The SMILES string of the molecule is CC(C)[C@H](NC(=O)CNC(=O)CCOCCOCCOCCNc1c(N)c(=O)c1=O)C(=O)N[C@H](C(=O)N[C@@H](CO)C(=O)N[C@@H](C)C(=O)N1CCC[C@H]1C(=O)N[C@@H](CC(=O)O)C(=O)N[C@H](C(=O)N[C@@H](CCCN=C(N)N)C(=O)N1CCC[C@H]1C(=O)N[C@@H](C)C(=O)N1CCC[C@H]1C(=O)O)[C@@H](C)O)[C@@H](C)O. The van der Waals surface area contributed by atoms with Crippen molar-refractivity contribution in [2.75, 3.05) is 96.6 Å². The Morgan fingerprint density at radius 1 is 0.544 bits per heavy atom. The number of anilines is 2. The molecule has 0 unspecified atom stereocenters. The summed E-state index contributed by atoms with van der Waals surface area (Å²) in [6, 6.07) is -16.7. The van der Waals surface area contributed by atoms with Crippen molar-refractivity contribution in [3.8, 4) is 0 Å². The van der Waals surface area contributed by atoms with Crippen LogP contribution in [0.5, 0.6) is 0 Å². The van der Waals surface area contributed by atoms with Gasteiger partial charge in [-0.2, -0.15) is 0 Å². The molecule has 21 N–H and O–H groups in total. The molecule has 3 heterocycles. The fourth-order valence-electron chi connectivity index (χ4n) is 11.3. The number of carboxylic acid groups (broad SMARTS) is 2. The first-order valence-corrected chi connectivity index (χ1v) is 33.7. The zero-order chi connectivity index (χ0) is 76.9. The molecule has 41 nitrogen and oxygen atoms in total. The largest absolute Gasteiger partial charge is 0.481 e. The van der Waals surface area contributed by atoms with Gasteiger partial charge in [0.2, 0.25) is 70.9 Å². The number of likely N-dealkylation sites (tertiary alicyclic amines) is 3. The molecule has 576 valence electrons. The van der Waals surface area contributed by atoms with Crippen LogP contribution in [-0.4, -0.2) is 293 Å². The summed E-state index contributed by atoms with van der Waals surface area (Å²) in [4.78, 5) is 217. The van der Waals surface area contributed by atoms with Gasteiger partial charge in [0.15, 0.2) is 5.96 Å². The number of guanidine groups is 1. The number of carboxylic acids is 2. The first-order chi connectivity index (χ1) is 48.6. The third kappa shape index (κ3) is 26.3. The van der Waals surface area contributed by atoms with Crippen LogP contribution < -0.4 is 81.2 Å². The van der Waals surface area contributed by atoms with E-state index >= 15 is 0 Å². The van der Waals surface area contributed by atoms with Crippen LogP contribution in [-0.2, 0) is 81.3 Å². The van der Waals surface area contributed by atoms with E-state index in [0.29, 0.717) is 12.8 Å². The molecule has 3 aliphatic rings. The van der Waals surface area contributed by atoms with Gasteiger partial charge < -0.3 is 125 Å². The number of nitrogen functional groups attached to an aromatic ring is 1. The molecule has 1 aromatic rings. The zero-order valence-electron chi connectivity index (χ0n) is 58.4. The van der Waals surface area contributed by atoms with Gasteiger partial charge in [-0.05, 0) is 85.0 Å². The van der Waals surface area contributed by atoms with Crippen molar-refractivity contribution in [2.24, 2.45) is 22.4 Å². The number of aliphatic hydroxyl groups is 3. The second-order valence-electron chi connectivity index (χ2n) is 25.3. The topological polar surface area (TPSA) is 622 Å². The molecule has 0 radical (unpaired) electrons. The Labute approximate surface area is 591 Å². The van der Waals surface area contributed by atoms with Crippen LogP contribution in [0.25, 0.3) is 0 Å². The Balaban J connectivity index is 1.29. The molecule has 12 amide bonds. The fraction of sp³-hybridized carbons (Fsp3) is 0.694. The van der Waals surface area contributed by atoms with Gasteiger partial charge in [0.1, 0.15) is 77.8 Å². The molecule has 0 bridgehead atoms. The van der Waals surface area contributed by atoms with Crippen molar-refractivity contribution in [1.29, 1.82) is 0 Å². The van der Waals surface area contributed by atoms with Gasteiger partial charge in [0, 0.05) is 39.1 Å². The summed E-state index contributed by atoms with van der Waals surface area (Å²) in [6.45, 7) is 7.38. The second-order valence-corrected chi connectivity index (χ2v) is 25.3. The molecular weight excluding hydrogens is 1370 g/mol. The first kappa shape index (κ1) is 85.7. The average molecular weight is 1470 g/mol. The molecule has 3 aliphatic heterocycles. The molecule has 4 rings (SSSR count). The standard InChI is InChI=1S/C62H99N17O24/c1-30(2)45(74-42(84)28-68-41(83)15-21-101-23-25-103-26-24-102-22-17-66-48-44(63)49(87)50(48)88)55(93)76-47(34(6)82)57(95)73-37(29-80)52(90)69-31(3)58(96)77-18-8-13-39(77)54(92)72-36(27-43(85)86)51(89)75-46(33(5)81)56(94)71-35(11-7-16-67-62(64)65)60(98)78-19-9-12-38(78)53(91)70-32(4)59(97)79-20-10-14-40(79)61(99)100/h30-40,45-47,66,80-82H,7-29,63H2,1-6H3,(H,68,83)(H,69,90)(H,70,91)(H,71,94)(H,72,92)(H,73,95)(H,74,84)(H,75,89)(H,76,93)(H,85,86)(H,99,100)(H4,64,65,67)/t31-,32-,33+,34+,35-,36-,37-,38-,39-,40-,45-,46-,47-/m0/s1. The van der Waals surface area contributed by atoms with Gasteiger partial charge in [0.25, 0.3) is 10.9 Å². The van der Waals surface area contributed by atoms with Gasteiger partial charge in [0.05, 0.1) is 71.4 Å². The van der Waals surface area contributed by atoms with Gasteiger partial charge >= 0.3 is 11.9 Å². The predicted molar refractivity (Wildman–Crippen MR) is 360 cm³/mol. The van der Waals surface area contributed by atoms with Crippen LogP contribution in [0.1, 0.15) is 106 Å². The van der Waals surface area contributed by atoms with Gasteiger partial charge in [-0.1, -0.05) is 13.8 Å². The van der Waals surface area contributed by atoms with Crippen LogP contribution in [0.2, 0.25) is 0 Å². The number of nitrogens with two attached hydrogens (primary N) is 3. The summed E-state index contributed by atoms with van der Waals surface area (Å²) in [7, 11) is 0. The lowest BCUT2D eigenvalue weighted by Gasteiger charge is -2.32. The van der Waals surface area contributed by atoms with E-state index in [1.165, 1.54) is 18.7 Å². The molecular formula is C62H99N17O24. The predicted octanol–water partition coefficient (Wildman–Crippen LogP) is -9.25. The molecule has 0 saturated carbocycles. The minimum absolute atomic E-state index is 0.00897. The lowest BCUT2D eigenvalue weighted by atomic mass is 10.0. The molecule has 0 spiro atoms. The molecule has 0 aliphatic carbocycles. The van der Waals surface area contributed by atoms with E-state index < -0.39 is 198 Å². The number of aliphatic imine (C=N–C) groups is 1. The molecule has 3 fully saturated rings. The maximum absolute atomic E-state index is 14.4. The molecule has 0 aromatic heterocycles. The highest BCUT2D eigenvalue weighted by molar-refractivity contribution is 6.00. The summed E-state index contributed by atoms with van der Waals surface area (Å²) in [6.07, 6.45) is -3.56. The number of hydrogen-bond donors (Lipinski definition) is 18. The van der Waals surface area contributed by atoms with E-state index in [4.69, 9.17) is 31.4 Å². The normalized spacial score (nSPS) is 18.6. The number of aliphatic hydroxyl groups excluding tert-OH is 3. The van der Waals surface area contributed by atoms with Crippen molar-refractivity contribution in [2.45, 2.75) is 184 Å². The van der Waals surface area contributed by atoms with E-state index in [1.54, 1.807) is 13.8 Å². The summed E-state index contributed by atoms with van der Waals surface area (Å²) in [5.41, 5.74) is 14.9. The quantitative estimate of drug-likeness (QED) is 0.0125. The molecule has 3 saturated heterocycles. The minimum Gasteiger partial charge on any atom is -0.481 e. The maximum Gasteiger partial charge on any atom is 0.326 e. The number of amides is 12. The molecule has 103 heavy (non-hydrogen) atoms. The van der Waals surface area contributed by atoms with Gasteiger partial charge in [-0.15, -0.1) is 0 Å². The first-order valence-electron chi connectivity index (χ1n) is 33.7. The van der Waals surface area contributed by atoms with E-state index in [2.05, 4.69) is 58.2 Å². The molecule has 13 atom stereocenters. The summed E-state index contributed by atoms with van der Waals surface area (Å²) < 4.78 is 16.1. The van der Waals surface area contributed by atoms with Crippen LogP contribution in [0.3, 0.4) is 0 Å². The van der Waals surface area contributed by atoms with E-state index in [0.717, 1.165) is 23.6 Å². The van der Waals surface area contributed by atoms with E-state index in [-0.39, 0.29) is 135 Å². The third-order valence-electron chi connectivity index (χ3n) is 16.9. The Bertz CT molecular complexity index is 3270. The lowest BCUT2D eigenvalue weighted by Crippen LogP contribution is -2.62. The highest BCUT2D eigenvalue weighted by Crippen LogP contribution is 2.23. The number of nitrogens with one attached hydrogen (secondary N) is 10. The zero-order valence-corrected chi connectivity index (χ0v) is 58.4. The number of ether oxygens (including phenoxy) is 3. The second kappa shape index (κ2) is 42.0. The number of carbonyl (C=O) groups excluding carboxylic acids is 12. The smallest absolute Gasteiger partial charge is 0.326 e. The Hall–Kier alpha value is -9.71. The highest BCUT2D eigenvalue weighted by atomic mass is 16.5. The number of hydrogen-bond acceptors (Lipinski definition) is 25. The Morgan fingerprint density at radius 2 is 1.02 bits per heavy atom. The van der Waals surface area contributed by atoms with Crippen LogP contribution in [0, 0.1) is 5.92 Å². The average Bonchev–Trinajstić information content (AvgIpc) is 1.41. The van der Waals surface area contributed by atoms with Crippen LogP contribution in [0.15, 0.2) is 14.6 Å². The van der Waals surface area contributed by atoms with E-state index in [1.807, 2.05) is 0 Å². The monoisotopic (exact) mass is 1470 g/mol. The fourth-order valence-corrected chi connectivity index (χ4v) is 11.3. The van der Waals surface area contributed by atoms with Crippen LogP contribution >= 0.6 is 0 Å². The van der Waals surface area contributed by atoms with Crippen molar-refractivity contribution in [3.63, 3.8) is 0 Å². The van der Waals surface area contributed by atoms with Crippen molar-refractivity contribution < 1.29 is 107 Å². The lowest BCUT2D eigenvalue weighted by molar-refractivity contribution is -0.149. The van der Waals surface area contributed by atoms with Crippen molar-refractivity contribution in [1.82, 2.24) is 62.6 Å². The molecule has 41 heteroatoms. The highest BCUT2D eigenvalue weighted by Gasteiger charge is 2.44. The number of rotatable bonds is 44. The summed E-state index contributed by atoms with van der Waals surface area (Å²) in [5, 5.41) is 75.1. The number of carbonyl (C=O) groups is 14. The summed E-state index contributed by atoms with van der Waals surface area (Å²) >= 11 is 0. The van der Waals surface area contributed by atoms with E-state index in [9.17, 15) is 102 Å². The maximum atomic E-state index is 14.4. The number of aliphatic carboxylic acids is 2. The van der Waals surface area contributed by atoms with Crippen molar-refractivity contribution in [3.05, 3.63) is 20.4 Å². The number of nitrogens with zero attached hydrogens (tertiary/aromatic N) is 4. The Morgan fingerprint density at radius 3 is 1.53 bits per heavy atom. The Kier molecular flexibility index (Phi) is 35.0. The summed E-state index contributed by atoms with van der Waals surface area (Å²) in [5.74, 6) is -15.1. The van der Waals surface area contributed by atoms with Gasteiger partial charge in [-0.25, -0.2) is 4.79 Å².